The lowest BCUT2D eigenvalue weighted by molar-refractivity contribution is 0.270. The number of anilines is 1. The van der Waals surface area contributed by atoms with Gasteiger partial charge in [-0.15, -0.1) is 0 Å². The quantitative estimate of drug-likeness (QED) is 0.495. The molecule has 0 unspecified atom stereocenters. The molecule has 1 saturated heterocycles. The van der Waals surface area contributed by atoms with E-state index in [4.69, 9.17) is 9.47 Å². The summed E-state index contributed by atoms with van der Waals surface area (Å²) in [6, 6.07) is 10.0. The highest BCUT2D eigenvalue weighted by Crippen LogP contribution is 2.24. The van der Waals surface area contributed by atoms with Crippen molar-refractivity contribution in [3.05, 3.63) is 47.7 Å². The van der Waals surface area contributed by atoms with E-state index in [9.17, 15) is 0 Å². The third kappa shape index (κ3) is 6.24. The molecule has 2 aromatic rings. The average Bonchev–Trinajstić information content (AvgIpc) is 2.84. The van der Waals surface area contributed by atoms with Crippen LogP contribution in [0.1, 0.15) is 18.1 Å². The topological polar surface area (TPSA) is 74.2 Å². The zero-order chi connectivity index (χ0) is 22.1. The number of pyridine rings is 1. The van der Waals surface area contributed by atoms with E-state index in [1.807, 2.05) is 24.4 Å². The summed E-state index contributed by atoms with van der Waals surface area (Å²) in [4.78, 5) is 13.8. The van der Waals surface area contributed by atoms with Crippen molar-refractivity contribution in [3.63, 3.8) is 0 Å². The van der Waals surface area contributed by atoms with Crippen LogP contribution in [0.3, 0.4) is 0 Å². The van der Waals surface area contributed by atoms with Gasteiger partial charge >= 0.3 is 0 Å². The summed E-state index contributed by atoms with van der Waals surface area (Å²) in [5.41, 5.74) is 2.14. The predicted molar refractivity (Wildman–Crippen MR) is 125 cm³/mol. The number of ether oxygens (including phenoxy) is 2. The van der Waals surface area contributed by atoms with E-state index in [0.29, 0.717) is 13.1 Å². The standard InChI is InChI=1S/C23H34N6O2/c1-5-28-10-12-29(13-11-28)22-9-6-18(15-25-22)16-26-23(24-2)27-17-19-7-8-20(30-3)14-21(19)31-4/h6-9,14-15H,5,10-13,16-17H2,1-4H3,(H2,24,26,27). The maximum absolute atomic E-state index is 5.46. The summed E-state index contributed by atoms with van der Waals surface area (Å²) in [7, 11) is 5.07. The summed E-state index contributed by atoms with van der Waals surface area (Å²) in [5.74, 6) is 3.32. The molecule has 1 fully saturated rings. The fraction of sp³-hybridized carbons (Fsp3) is 0.478. The largest absolute Gasteiger partial charge is 0.497 e. The minimum absolute atomic E-state index is 0.591. The monoisotopic (exact) mass is 426 g/mol. The molecule has 0 bridgehead atoms. The Morgan fingerprint density at radius 1 is 1.03 bits per heavy atom. The molecule has 0 atom stereocenters. The molecule has 168 valence electrons. The first kappa shape index (κ1) is 22.7. The number of hydrogen-bond donors (Lipinski definition) is 2. The van der Waals surface area contributed by atoms with E-state index < -0.39 is 0 Å². The van der Waals surface area contributed by atoms with Crippen molar-refractivity contribution < 1.29 is 9.47 Å². The van der Waals surface area contributed by atoms with Gasteiger partial charge in [0.15, 0.2) is 5.96 Å². The second-order valence-electron chi connectivity index (χ2n) is 7.40. The van der Waals surface area contributed by atoms with Crippen LogP contribution >= 0.6 is 0 Å². The van der Waals surface area contributed by atoms with Crippen LogP contribution < -0.4 is 25.0 Å². The van der Waals surface area contributed by atoms with Gasteiger partial charge in [-0.1, -0.05) is 13.0 Å². The van der Waals surface area contributed by atoms with Crippen LogP contribution in [0, 0.1) is 0 Å². The van der Waals surface area contributed by atoms with Crippen LogP contribution in [0.2, 0.25) is 0 Å². The number of nitrogens with zero attached hydrogens (tertiary/aromatic N) is 4. The van der Waals surface area contributed by atoms with Crippen molar-refractivity contribution in [1.29, 1.82) is 0 Å². The van der Waals surface area contributed by atoms with E-state index in [-0.39, 0.29) is 0 Å². The van der Waals surface area contributed by atoms with Crippen LogP contribution in [0.25, 0.3) is 0 Å². The van der Waals surface area contributed by atoms with Gasteiger partial charge in [0.1, 0.15) is 17.3 Å². The Balaban J connectivity index is 1.49. The molecule has 8 heteroatoms. The van der Waals surface area contributed by atoms with Gasteiger partial charge in [0.25, 0.3) is 0 Å². The van der Waals surface area contributed by atoms with Crippen molar-refractivity contribution in [2.45, 2.75) is 20.0 Å². The number of aliphatic imine (C=N–C) groups is 1. The molecule has 1 aliphatic heterocycles. The number of rotatable bonds is 8. The lowest BCUT2D eigenvalue weighted by atomic mass is 10.2. The molecule has 2 heterocycles. The molecular weight excluding hydrogens is 392 g/mol. The van der Waals surface area contributed by atoms with Gasteiger partial charge in [-0.2, -0.15) is 0 Å². The molecule has 0 aliphatic carbocycles. The van der Waals surface area contributed by atoms with Crippen molar-refractivity contribution >= 4 is 11.8 Å². The Morgan fingerprint density at radius 2 is 1.81 bits per heavy atom. The molecule has 31 heavy (non-hydrogen) atoms. The van der Waals surface area contributed by atoms with Gasteiger partial charge in [-0.05, 0) is 30.3 Å². The zero-order valence-corrected chi connectivity index (χ0v) is 19.0. The third-order valence-electron chi connectivity index (χ3n) is 5.58. The van der Waals surface area contributed by atoms with Crippen molar-refractivity contribution in [3.8, 4) is 11.5 Å². The van der Waals surface area contributed by atoms with Gasteiger partial charge in [-0.3, -0.25) is 4.99 Å². The van der Waals surface area contributed by atoms with E-state index >= 15 is 0 Å². The number of benzene rings is 1. The summed E-state index contributed by atoms with van der Waals surface area (Å²) < 4.78 is 10.7. The molecule has 0 spiro atoms. The van der Waals surface area contributed by atoms with Gasteiger partial charge in [-0.25, -0.2) is 4.98 Å². The van der Waals surface area contributed by atoms with Crippen LogP contribution in [0.5, 0.6) is 11.5 Å². The molecule has 0 amide bonds. The lowest BCUT2D eigenvalue weighted by Gasteiger charge is -2.34. The second-order valence-corrected chi connectivity index (χ2v) is 7.40. The number of piperazine rings is 1. The predicted octanol–water partition coefficient (Wildman–Crippen LogP) is 2.11. The first-order valence-electron chi connectivity index (χ1n) is 10.7. The number of nitrogens with one attached hydrogen (secondary N) is 2. The average molecular weight is 427 g/mol. The highest BCUT2D eigenvalue weighted by atomic mass is 16.5. The Hall–Kier alpha value is -3.00. The molecule has 0 saturated carbocycles. The molecule has 1 aromatic carbocycles. The Bertz CT molecular complexity index is 848. The number of likely N-dealkylation sites (N-methyl/N-ethyl adjacent to an activating group) is 1. The number of hydrogen-bond acceptors (Lipinski definition) is 6. The summed E-state index contributed by atoms with van der Waals surface area (Å²) in [6.45, 7) is 8.83. The van der Waals surface area contributed by atoms with E-state index in [1.165, 1.54) is 0 Å². The van der Waals surface area contributed by atoms with Crippen LogP contribution in [0.4, 0.5) is 5.82 Å². The fourth-order valence-electron chi connectivity index (χ4n) is 3.58. The number of methoxy groups -OCH3 is 2. The molecular formula is C23H34N6O2. The normalized spacial score (nSPS) is 15.0. The smallest absolute Gasteiger partial charge is 0.191 e. The number of aromatic nitrogens is 1. The van der Waals surface area contributed by atoms with E-state index in [2.05, 4.69) is 49.5 Å². The third-order valence-corrected chi connectivity index (χ3v) is 5.58. The summed E-state index contributed by atoms with van der Waals surface area (Å²) >= 11 is 0. The summed E-state index contributed by atoms with van der Waals surface area (Å²) in [5, 5.41) is 6.67. The van der Waals surface area contributed by atoms with Gasteiger partial charge in [0, 0.05) is 64.1 Å². The molecule has 8 nitrogen and oxygen atoms in total. The first-order chi connectivity index (χ1) is 15.2. The SMILES string of the molecule is CCN1CCN(c2ccc(CNC(=NC)NCc3ccc(OC)cc3OC)cn2)CC1. The highest BCUT2D eigenvalue weighted by molar-refractivity contribution is 5.79. The Kier molecular flexibility index (Phi) is 8.35. The minimum Gasteiger partial charge on any atom is -0.497 e. The summed E-state index contributed by atoms with van der Waals surface area (Å²) in [6.07, 6.45) is 1.94. The second kappa shape index (κ2) is 11.4. The van der Waals surface area contributed by atoms with Gasteiger partial charge < -0.3 is 29.9 Å². The van der Waals surface area contributed by atoms with E-state index in [0.717, 1.165) is 67.1 Å². The van der Waals surface area contributed by atoms with Crippen LogP contribution in [-0.4, -0.2) is 69.8 Å². The minimum atomic E-state index is 0.591. The maximum atomic E-state index is 5.46. The van der Waals surface area contributed by atoms with Gasteiger partial charge in [0.05, 0.1) is 14.2 Å². The molecule has 3 rings (SSSR count). The maximum Gasteiger partial charge on any atom is 0.191 e. The Morgan fingerprint density at radius 3 is 2.42 bits per heavy atom. The molecule has 1 aromatic heterocycles. The van der Waals surface area contributed by atoms with Crippen LogP contribution in [-0.2, 0) is 13.1 Å². The highest BCUT2D eigenvalue weighted by Gasteiger charge is 2.16. The van der Waals surface area contributed by atoms with Crippen LogP contribution in [0.15, 0.2) is 41.5 Å². The van der Waals surface area contributed by atoms with Crippen molar-refractivity contribution in [2.24, 2.45) is 4.99 Å². The molecule has 0 radical (unpaired) electrons. The molecule has 1 aliphatic rings. The van der Waals surface area contributed by atoms with Gasteiger partial charge in [0.2, 0.25) is 0 Å². The van der Waals surface area contributed by atoms with E-state index in [1.54, 1.807) is 21.3 Å². The molecule has 2 N–H and O–H groups in total. The van der Waals surface area contributed by atoms with Crippen molar-refractivity contribution in [2.75, 3.05) is 58.9 Å². The number of guanidine groups is 1. The fourth-order valence-corrected chi connectivity index (χ4v) is 3.58. The van der Waals surface area contributed by atoms with Crippen molar-refractivity contribution in [1.82, 2.24) is 20.5 Å². The lowest BCUT2D eigenvalue weighted by Crippen LogP contribution is -2.46. The Labute approximate surface area is 185 Å². The zero-order valence-electron chi connectivity index (χ0n) is 19.0. The first-order valence-corrected chi connectivity index (χ1v) is 10.7.